The standard InChI is InChI=1S/C13H24ClN/c1-11-4-7-13(10-14,8-5-11)15-9-6-12-2-3-12/h11-12,15H,2-10H2,1H3. The van der Waals surface area contributed by atoms with Gasteiger partial charge in [-0.05, 0) is 50.5 Å². The third-order valence-electron chi connectivity index (χ3n) is 4.24. The van der Waals surface area contributed by atoms with Crippen molar-refractivity contribution in [3.63, 3.8) is 0 Å². The van der Waals surface area contributed by atoms with Gasteiger partial charge in [0, 0.05) is 11.4 Å². The zero-order chi connectivity index (χ0) is 10.7. The van der Waals surface area contributed by atoms with Crippen LogP contribution in [0.4, 0.5) is 0 Å². The highest BCUT2D eigenvalue weighted by molar-refractivity contribution is 6.18. The van der Waals surface area contributed by atoms with Gasteiger partial charge in [-0.25, -0.2) is 0 Å². The third kappa shape index (κ3) is 3.35. The molecule has 0 bridgehead atoms. The fourth-order valence-corrected chi connectivity index (χ4v) is 2.98. The Kier molecular flexibility index (Phi) is 3.95. The van der Waals surface area contributed by atoms with Crippen molar-refractivity contribution in [3.05, 3.63) is 0 Å². The van der Waals surface area contributed by atoms with Gasteiger partial charge < -0.3 is 5.32 Å². The summed E-state index contributed by atoms with van der Waals surface area (Å²) >= 11 is 6.15. The van der Waals surface area contributed by atoms with Crippen molar-refractivity contribution in [3.8, 4) is 0 Å². The maximum Gasteiger partial charge on any atom is 0.0406 e. The first kappa shape index (κ1) is 11.7. The lowest BCUT2D eigenvalue weighted by Gasteiger charge is -2.39. The Morgan fingerprint density at radius 1 is 1.20 bits per heavy atom. The molecule has 0 amide bonds. The van der Waals surface area contributed by atoms with Crippen LogP contribution in [0.25, 0.3) is 0 Å². The van der Waals surface area contributed by atoms with Crippen LogP contribution in [0.1, 0.15) is 51.9 Å². The molecule has 2 saturated carbocycles. The molecule has 1 N–H and O–H groups in total. The first-order valence-corrected chi connectivity index (χ1v) is 7.08. The Balaban J connectivity index is 1.73. The highest BCUT2D eigenvalue weighted by atomic mass is 35.5. The van der Waals surface area contributed by atoms with E-state index in [4.69, 9.17) is 11.6 Å². The number of hydrogen-bond acceptors (Lipinski definition) is 1. The van der Waals surface area contributed by atoms with Crippen molar-refractivity contribution in [2.24, 2.45) is 11.8 Å². The fourth-order valence-electron chi connectivity index (χ4n) is 2.62. The van der Waals surface area contributed by atoms with Crippen molar-refractivity contribution in [1.29, 1.82) is 0 Å². The minimum absolute atomic E-state index is 0.281. The van der Waals surface area contributed by atoms with Crippen molar-refractivity contribution in [2.45, 2.75) is 57.4 Å². The summed E-state index contributed by atoms with van der Waals surface area (Å²) < 4.78 is 0. The normalized spacial score (nSPS) is 36.8. The number of rotatable bonds is 5. The first-order valence-electron chi connectivity index (χ1n) is 6.55. The molecular formula is C13H24ClN. The first-order chi connectivity index (χ1) is 7.24. The topological polar surface area (TPSA) is 12.0 Å². The number of nitrogens with one attached hydrogen (secondary N) is 1. The van der Waals surface area contributed by atoms with Crippen molar-refractivity contribution < 1.29 is 0 Å². The predicted molar refractivity (Wildman–Crippen MR) is 66.4 cm³/mol. The second-order valence-corrected chi connectivity index (χ2v) is 6.02. The van der Waals surface area contributed by atoms with Gasteiger partial charge in [-0.2, -0.15) is 0 Å². The molecule has 15 heavy (non-hydrogen) atoms. The van der Waals surface area contributed by atoms with E-state index in [1.807, 2.05) is 0 Å². The smallest absolute Gasteiger partial charge is 0.0406 e. The summed E-state index contributed by atoms with van der Waals surface area (Å²) in [6.07, 6.45) is 9.56. The van der Waals surface area contributed by atoms with Gasteiger partial charge in [0.25, 0.3) is 0 Å². The van der Waals surface area contributed by atoms with E-state index < -0.39 is 0 Å². The average Bonchev–Trinajstić information content (AvgIpc) is 3.06. The summed E-state index contributed by atoms with van der Waals surface area (Å²) in [6.45, 7) is 3.55. The molecule has 0 heterocycles. The van der Waals surface area contributed by atoms with Gasteiger partial charge in [0.15, 0.2) is 0 Å². The van der Waals surface area contributed by atoms with Gasteiger partial charge in [0.1, 0.15) is 0 Å². The van der Waals surface area contributed by atoms with Gasteiger partial charge in [0.05, 0.1) is 0 Å². The highest BCUT2D eigenvalue weighted by Crippen LogP contribution is 2.34. The lowest BCUT2D eigenvalue weighted by molar-refractivity contribution is 0.216. The van der Waals surface area contributed by atoms with Crippen LogP contribution in [-0.4, -0.2) is 18.0 Å². The molecule has 2 fully saturated rings. The predicted octanol–water partition coefficient (Wildman–Crippen LogP) is 3.56. The van der Waals surface area contributed by atoms with Crippen LogP contribution < -0.4 is 5.32 Å². The van der Waals surface area contributed by atoms with E-state index in [0.29, 0.717) is 0 Å². The van der Waals surface area contributed by atoms with Gasteiger partial charge in [0.2, 0.25) is 0 Å². The van der Waals surface area contributed by atoms with Gasteiger partial charge in [-0.3, -0.25) is 0 Å². The fraction of sp³-hybridized carbons (Fsp3) is 1.00. The lowest BCUT2D eigenvalue weighted by Crippen LogP contribution is -2.49. The van der Waals surface area contributed by atoms with E-state index in [9.17, 15) is 0 Å². The van der Waals surface area contributed by atoms with Crippen LogP contribution in [-0.2, 0) is 0 Å². The largest absolute Gasteiger partial charge is 0.310 e. The van der Waals surface area contributed by atoms with Gasteiger partial charge >= 0.3 is 0 Å². The Labute approximate surface area is 99.0 Å². The zero-order valence-corrected chi connectivity index (χ0v) is 10.7. The van der Waals surface area contributed by atoms with Crippen LogP contribution in [0, 0.1) is 11.8 Å². The summed E-state index contributed by atoms with van der Waals surface area (Å²) in [5.74, 6) is 2.74. The summed E-state index contributed by atoms with van der Waals surface area (Å²) in [5, 5.41) is 3.74. The van der Waals surface area contributed by atoms with E-state index in [1.54, 1.807) is 0 Å². The Bertz CT molecular complexity index is 193. The van der Waals surface area contributed by atoms with Crippen molar-refractivity contribution in [2.75, 3.05) is 12.4 Å². The number of alkyl halides is 1. The van der Waals surface area contributed by atoms with Crippen LogP contribution in [0.3, 0.4) is 0 Å². The van der Waals surface area contributed by atoms with Crippen molar-refractivity contribution in [1.82, 2.24) is 5.32 Å². The molecule has 0 saturated heterocycles. The molecule has 0 aromatic carbocycles. The van der Waals surface area contributed by atoms with Crippen LogP contribution in [0.2, 0.25) is 0 Å². The third-order valence-corrected chi connectivity index (χ3v) is 4.75. The molecule has 2 aliphatic rings. The maximum absolute atomic E-state index is 6.15. The van der Waals surface area contributed by atoms with Gasteiger partial charge in [-0.15, -0.1) is 11.6 Å². The molecule has 0 aromatic heterocycles. The molecule has 0 spiro atoms. The zero-order valence-electron chi connectivity index (χ0n) is 9.90. The summed E-state index contributed by atoms with van der Waals surface area (Å²) in [5.41, 5.74) is 0.281. The van der Waals surface area contributed by atoms with E-state index in [0.717, 1.165) is 17.7 Å². The second kappa shape index (κ2) is 5.05. The molecule has 2 heteroatoms. The molecule has 0 atom stereocenters. The van der Waals surface area contributed by atoms with E-state index >= 15 is 0 Å². The SMILES string of the molecule is CC1CCC(CCl)(NCCC2CC2)CC1. The maximum atomic E-state index is 6.15. The lowest BCUT2D eigenvalue weighted by atomic mass is 9.78. The molecule has 0 aromatic rings. The van der Waals surface area contributed by atoms with E-state index in [1.165, 1.54) is 51.5 Å². The Morgan fingerprint density at radius 2 is 1.87 bits per heavy atom. The molecule has 88 valence electrons. The molecule has 0 radical (unpaired) electrons. The van der Waals surface area contributed by atoms with Crippen LogP contribution in [0.5, 0.6) is 0 Å². The van der Waals surface area contributed by atoms with Crippen LogP contribution in [0.15, 0.2) is 0 Å². The highest BCUT2D eigenvalue weighted by Gasteiger charge is 2.33. The average molecular weight is 230 g/mol. The van der Waals surface area contributed by atoms with E-state index in [2.05, 4.69) is 12.2 Å². The number of hydrogen-bond donors (Lipinski definition) is 1. The summed E-state index contributed by atoms with van der Waals surface area (Å²) in [4.78, 5) is 0. The van der Waals surface area contributed by atoms with E-state index in [-0.39, 0.29) is 5.54 Å². The minimum Gasteiger partial charge on any atom is -0.310 e. The molecule has 2 rings (SSSR count). The van der Waals surface area contributed by atoms with Crippen LogP contribution >= 0.6 is 11.6 Å². The molecule has 0 aliphatic heterocycles. The summed E-state index contributed by atoms with van der Waals surface area (Å²) in [7, 11) is 0. The Hall–Kier alpha value is 0.250. The molecule has 0 unspecified atom stereocenters. The second-order valence-electron chi connectivity index (χ2n) is 5.76. The Morgan fingerprint density at radius 3 is 2.40 bits per heavy atom. The quantitative estimate of drug-likeness (QED) is 0.711. The number of halogens is 1. The summed E-state index contributed by atoms with van der Waals surface area (Å²) in [6, 6.07) is 0. The van der Waals surface area contributed by atoms with Crippen molar-refractivity contribution >= 4 is 11.6 Å². The molecular weight excluding hydrogens is 206 g/mol. The van der Waals surface area contributed by atoms with Gasteiger partial charge in [-0.1, -0.05) is 19.8 Å². The molecule has 2 aliphatic carbocycles. The monoisotopic (exact) mass is 229 g/mol. The minimum atomic E-state index is 0.281. The molecule has 1 nitrogen and oxygen atoms in total.